The average Bonchev–Trinajstić information content (AvgIpc) is 2.64. The van der Waals surface area contributed by atoms with Gasteiger partial charge in [0.15, 0.2) is 5.96 Å². The zero-order valence-electron chi connectivity index (χ0n) is 16.3. The van der Waals surface area contributed by atoms with Crippen molar-refractivity contribution < 1.29 is 4.74 Å². The Kier molecular flexibility index (Phi) is 7.72. The molecular formula is C20H34N4O. The molecule has 1 saturated heterocycles. The van der Waals surface area contributed by atoms with Crippen LogP contribution in [0.5, 0.6) is 0 Å². The molecule has 1 heterocycles. The third-order valence-electron chi connectivity index (χ3n) is 4.87. The van der Waals surface area contributed by atoms with Crippen LogP contribution in [0.4, 0.5) is 0 Å². The van der Waals surface area contributed by atoms with E-state index in [9.17, 15) is 0 Å². The summed E-state index contributed by atoms with van der Waals surface area (Å²) in [6.07, 6.45) is 4.03. The lowest BCUT2D eigenvalue weighted by atomic mass is 10.0. The first-order valence-corrected chi connectivity index (χ1v) is 9.33. The van der Waals surface area contributed by atoms with Crippen molar-refractivity contribution in [3.05, 3.63) is 35.4 Å². The van der Waals surface area contributed by atoms with Crippen LogP contribution in [0.25, 0.3) is 0 Å². The van der Waals surface area contributed by atoms with E-state index >= 15 is 0 Å². The van der Waals surface area contributed by atoms with Gasteiger partial charge in [0.1, 0.15) is 0 Å². The Morgan fingerprint density at radius 2 is 1.80 bits per heavy atom. The molecule has 1 fully saturated rings. The number of benzene rings is 1. The molecule has 0 bridgehead atoms. The van der Waals surface area contributed by atoms with Gasteiger partial charge < -0.3 is 15.4 Å². The number of rotatable bonds is 7. The number of aliphatic imine (C=N–C) groups is 1. The van der Waals surface area contributed by atoms with Gasteiger partial charge in [0.05, 0.1) is 5.60 Å². The summed E-state index contributed by atoms with van der Waals surface area (Å²) in [7, 11) is 3.53. The topological polar surface area (TPSA) is 48.9 Å². The van der Waals surface area contributed by atoms with Crippen molar-refractivity contribution in [2.75, 3.05) is 33.8 Å². The second-order valence-electron chi connectivity index (χ2n) is 7.35. The van der Waals surface area contributed by atoms with Gasteiger partial charge in [-0.3, -0.25) is 9.89 Å². The molecule has 0 spiro atoms. The maximum atomic E-state index is 5.45. The zero-order chi connectivity index (χ0) is 18.1. The maximum Gasteiger partial charge on any atom is 0.191 e. The fourth-order valence-corrected chi connectivity index (χ4v) is 3.01. The van der Waals surface area contributed by atoms with Gasteiger partial charge in [0, 0.05) is 33.8 Å². The summed E-state index contributed by atoms with van der Waals surface area (Å²) in [5.41, 5.74) is 2.52. The van der Waals surface area contributed by atoms with Crippen molar-refractivity contribution in [3.8, 4) is 0 Å². The molecule has 5 heteroatoms. The van der Waals surface area contributed by atoms with Gasteiger partial charge in [0.2, 0.25) is 0 Å². The third kappa shape index (κ3) is 6.67. The largest absolute Gasteiger partial charge is 0.377 e. The van der Waals surface area contributed by atoms with Crippen molar-refractivity contribution in [3.63, 3.8) is 0 Å². The molecule has 140 valence electrons. The van der Waals surface area contributed by atoms with E-state index in [2.05, 4.69) is 58.6 Å². The summed E-state index contributed by atoms with van der Waals surface area (Å²) in [6.45, 7) is 9.08. The molecule has 0 aromatic heterocycles. The number of nitrogens with zero attached hydrogens (tertiary/aromatic N) is 2. The Morgan fingerprint density at radius 3 is 2.44 bits per heavy atom. The lowest BCUT2D eigenvalue weighted by Crippen LogP contribution is -2.45. The first-order valence-electron chi connectivity index (χ1n) is 9.33. The molecular weight excluding hydrogens is 312 g/mol. The minimum atomic E-state index is -0.218. The minimum Gasteiger partial charge on any atom is -0.377 e. The van der Waals surface area contributed by atoms with Crippen LogP contribution in [0, 0.1) is 0 Å². The van der Waals surface area contributed by atoms with Gasteiger partial charge in [-0.1, -0.05) is 30.7 Å². The first-order chi connectivity index (χ1) is 12.0. The second kappa shape index (κ2) is 9.78. The van der Waals surface area contributed by atoms with E-state index in [4.69, 9.17) is 4.74 Å². The highest BCUT2D eigenvalue weighted by Gasteiger charge is 2.17. The van der Waals surface area contributed by atoms with E-state index in [1.807, 2.05) is 0 Å². The van der Waals surface area contributed by atoms with Crippen molar-refractivity contribution in [1.29, 1.82) is 0 Å². The summed E-state index contributed by atoms with van der Waals surface area (Å²) >= 11 is 0. The number of nitrogens with one attached hydrogen (secondary N) is 2. The minimum absolute atomic E-state index is 0.218. The number of hydrogen-bond acceptors (Lipinski definition) is 3. The second-order valence-corrected chi connectivity index (χ2v) is 7.35. The summed E-state index contributed by atoms with van der Waals surface area (Å²) < 4.78 is 5.45. The molecule has 1 aromatic carbocycles. The van der Waals surface area contributed by atoms with E-state index in [-0.39, 0.29) is 5.60 Å². The molecule has 25 heavy (non-hydrogen) atoms. The highest BCUT2D eigenvalue weighted by molar-refractivity contribution is 5.79. The molecule has 5 nitrogen and oxygen atoms in total. The summed E-state index contributed by atoms with van der Waals surface area (Å²) in [6, 6.07) is 8.70. The zero-order valence-corrected chi connectivity index (χ0v) is 16.3. The van der Waals surface area contributed by atoms with Gasteiger partial charge in [0.25, 0.3) is 0 Å². The average molecular weight is 347 g/mol. The van der Waals surface area contributed by atoms with E-state index < -0.39 is 0 Å². The third-order valence-corrected chi connectivity index (χ3v) is 4.87. The predicted molar refractivity (Wildman–Crippen MR) is 105 cm³/mol. The first kappa shape index (κ1) is 19.7. The maximum absolute atomic E-state index is 5.45. The van der Waals surface area contributed by atoms with Crippen LogP contribution < -0.4 is 10.6 Å². The highest BCUT2D eigenvalue weighted by Crippen LogP contribution is 2.16. The van der Waals surface area contributed by atoms with Crippen LogP contribution >= 0.6 is 0 Å². The lowest BCUT2D eigenvalue weighted by Gasteiger charge is -2.27. The molecule has 2 N–H and O–H groups in total. The predicted octanol–water partition coefficient (Wildman–Crippen LogP) is 2.76. The van der Waals surface area contributed by atoms with E-state index in [1.165, 1.54) is 43.5 Å². The SMILES string of the molecule is CN=C(NCc1ccccc1CN1CCCCC1)NCC(C)(C)OC. The smallest absolute Gasteiger partial charge is 0.191 e. The summed E-state index contributed by atoms with van der Waals surface area (Å²) in [4.78, 5) is 6.88. The van der Waals surface area contributed by atoms with Crippen molar-refractivity contribution in [2.45, 2.75) is 51.8 Å². The molecule has 1 aliphatic rings. The van der Waals surface area contributed by atoms with Gasteiger partial charge in [-0.15, -0.1) is 0 Å². The van der Waals surface area contributed by atoms with Crippen LogP contribution in [-0.4, -0.2) is 50.3 Å². The van der Waals surface area contributed by atoms with Crippen molar-refractivity contribution in [2.24, 2.45) is 4.99 Å². The van der Waals surface area contributed by atoms with Crippen molar-refractivity contribution >= 4 is 5.96 Å². The monoisotopic (exact) mass is 346 g/mol. The molecule has 2 rings (SSSR count). The van der Waals surface area contributed by atoms with Crippen LogP contribution in [0.3, 0.4) is 0 Å². The molecule has 1 aromatic rings. The number of guanidine groups is 1. The molecule has 0 aliphatic carbocycles. The molecule has 0 saturated carbocycles. The van der Waals surface area contributed by atoms with Crippen molar-refractivity contribution in [1.82, 2.24) is 15.5 Å². The number of methoxy groups -OCH3 is 1. The fraction of sp³-hybridized carbons (Fsp3) is 0.650. The number of likely N-dealkylation sites (tertiary alicyclic amines) is 1. The van der Waals surface area contributed by atoms with Crippen LogP contribution in [0.2, 0.25) is 0 Å². The van der Waals surface area contributed by atoms with Gasteiger partial charge >= 0.3 is 0 Å². The normalized spacial score (nSPS) is 16.7. The number of hydrogen-bond donors (Lipinski definition) is 2. The summed E-state index contributed by atoms with van der Waals surface area (Å²) in [5, 5.41) is 6.76. The van der Waals surface area contributed by atoms with E-state index in [0.717, 1.165) is 19.0 Å². The summed E-state index contributed by atoms with van der Waals surface area (Å²) in [5.74, 6) is 0.804. The number of ether oxygens (including phenoxy) is 1. The van der Waals surface area contributed by atoms with E-state index in [1.54, 1.807) is 14.2 Å². The van der Waals surface area contributed by atoms with Gasteiger partial charge in [-0.05, 0) is 50.9 Å². The Morgan fingerprint density at radius 1 is 1.12 bits per heavy atom. The molecule has 0 radical (unpaired) electrons. The Balaban J connectivity index is 1.90. The highest BCUT2D eigenvalue weighted by atomic mass is 16.5. The standard InChI is InChI=1S/C20H34N4O/c1-20(2,25-4)16-23-19(21-3)22-14-17-10-6-7-11-18(17)15-24-12-8-5-9-13-24/h6-7,10-11H,5,8-9,12-16H2,1-4H3,(H2,21,22,23). The fourth-order valence-electron chi connectivity index (χ4n) is 3.01. The van der Waals surface area contributed by atoms with E-state index in [0.29, 0.717) is 6.54 Å². The quantitative estimate of drug-likeness (QED) is 0.589. The molecule has 0 unspecified atom stereocenters. The van der Waals surface area contributed by atoms with Gasteiger partial charge in [-0.2, -0.15) is 0 Å². The molecule has 1 aliphatic heterocycles. The van der Waals surface area contributed by atoms with Crippen LogP contribution in [0.1, 0.15) is 44.2 Å². The Hall–Kier alpha value is -1.59. The van der Waals surface area contributed by atoms with Gasteiger partial charge in [-0.25, -0.2) is 0 Å². The Bertz CT molecular complexity index is 550. The lowest BCUT2D eigenvalue weighted by molar-refractivity contribution is 0.0268. The molecule has 0 atom stereocenters. The molecule has 0 amide bonds. The van der Waals surface area contributed by atoms with Crippen LogP contribution in [-0.2, 0) is 17.8 Å². The number of piperidine rings is 1. The van der Waals surface area contributed by atoms with Crippen LogP contribution in [0.15, 0.2) is 29.3 Å². The Labute approximate surface area is 152 Å².